The van der Waals surface area contributed by atoms with E-state index in [-0.39, 0.29) is 11.1 Å². The fourth-order valence-electron chi connectivity index (χ4n) is 2.20. The molecule has 1 atom stereocenters. The van der Waals surface area contributed by atoms with Crippen molar-refractivity contribution in [2.24, 2.45) is 0 Å². The minimum Gasteiger partial charge on any atom is -0.425 e. The molecule has 0 N–H and O–H groups in total. The summed E-state index contributed by atoms with van der Waals surface area (Å²) in [4.78, 5) is 0. The van der Waals surface area contributed by atoms with Gasteiger partial charge in [0.25, 0.3) is 0 Å². The van der Waals surface area contributed by atoms with Crippen LogP contribution < -0.4 is 0 Å². The molecule has 0 bridgehead atoms. The first-order valence-corrected chi connectivity index (χ1v) is 7.98. The Labute approximate surface area is 132 Å². The SMILES string of the molecule is Cc1nnc(CSC(c2ccccc2)c2ccc(F)cc2)o1. The molecule has 0 fully saturated rings. The van der Waals surface area contributed by atoms with Crippen LogP contribution in [0.15, 0.2) is 59.0 Å². The molecule has 0 radical (unpaired) electrons. The van der Waals surface area contributed by atoms with E-state index in [1.807, 2.05) is 30.3 Å². The Kier molecular flexibility index (Phi) is 4.53. The van der Waals surface area contributed by atoms with Crippen molar-refractivity contribution in [2.75, 3.05) is 0 Å². The van der Waals surface area contributed by atoms with E-state index in [1.54, 1.807) is 18.7 Å². The number of benzene rings is 2. The molecule has 0 saturated carbocycles. The summed E-state index contributed by atoms with van der Waals surface area (Å²) in [5.74, 6) is 1.55. The van der Waals surface area contributed by atoms with E-state index in [9.17, 15) is 4.39 Å². The minimum absolute atomic E-state index is 0.0917. The van der Waals surface area contributed by atoms with Crippen LogP contribution in [0.25, 0.3) is 0 Å². The summed E-state index contributed by atoms with van der Waals surface area (Å²) in [7, 11) is 0. The number of nitrogens with zero attached hydrogens (tertiary/aromatic N) is 2. The molecule has 1 unspecified atom stereocenters. The zero-order valence-corrected chi connectivity index (χ0v) is 12.9. The molecule has 3 aromatic rings. The fraction of sp³-hybridized carbons (Fsp3) is 0.176. The Balaban J connectivity index is 1.84. The first-order valence-electron chi connectivity index (χ1n) is 6.93. The second kappa shape index (κ2) is 6.75. The van der Waals surface area contributed by atoms with Gasteiger partial charge in [-0.15, -0.1) is 22.0 Å². The summed E-state index contributed by atoms with van der Waals surface area (Å²) in [6.45, 7) is 1.77. The molecule has 0 aliphatic heterocycles. The summed E-state index contributed by atoms with van der Waals surface area (Å²) in [6, 6.07) is 16.7. The summed E-state index contributed by atoms with van der Waals surface area (Å²) >= 11 is 1.68. The maximum atomic E-state index is 13.2. The zero-order valence-electron chi connectivity index (χ0n) is 12.1. The number of halogens is 1. The quantitative estimate of drug-likeness (QED) is 0.693. The molecule has 22 heavy (non-hydrogen) atoms. The molecular formula is C17H15FN2OS. The Morgan fingerprint density at radius 1 is 1.00 bits per heavy atom. The average molecular weight is 314 g/mol. The van der Waals surface area contributed by atoms with Crippen molar-refractivity contribution in [1.82, 2.24) is 10.2 Å². The van der Waals surface area contributed by atoms with Gasteiger partial charge in [-0.25, -0.2) is 4.39 Å². The van der Waals surface area contributed by atoms with E-state index < -0.39 is 0 Å². The smallest absolute Gasteiger partial charge is 0.226 e. The van der Waals surface area contributed by atoms with Gasteiger partial charge in [-0.1, -0.05) is 42.5 Å². The fourth-order valence-corrected chi connectivity index (χ4v) is 3.33. The third-order valence-corrected chi connectivity index (χ3v) is 4.51. The van der Waals surface area contributed by atoms with Gasteiger partial charge >= 0.3 is 0 Å². The van der Waals surface area contributed by atoms with E-state index in [4.69, 9.17) is 4.42 Å². The lowest BCUT2D eigenvalue weighted by molar-refractivity contribution is 0.485. The van der Waals surface area contributed by atoms with Crippen LogP contribution in [0.4, 0.5) is 4.39 Å². The lowest BCUT2D eigenvalue weighted by Gasteiger charge is -2.17. The molecule has 0 spiro atoms. The van der Waals surface area contributed by atoms with Crippen molar-refractivity contribution >= 4 is 11.8 Å². The number of rotatable bonds is 5. The Morgan fingerprint density at radius 3 is 2.32 bits per heavy atom. The highest BCUT2D eigenvalue weighted by atomic mass is 32.2. The highest BCUT2D eigenvalue weighted by molar-refractivity contribution is 7.98. The van der Waals surface area contributed by atoms with Crippen molar-refractivity contribution < 1.29 is 8.81 Å². The van der Waals surface area contributed by atoms with E-state index in [0.717, 1.165) is 11.1 Å². The molecule has 2 aromatic carbocycles. The van der Waals surface area contributed by atoms with Crippen LogP contribution in [0, 0.1) is 12.7 Å². The molecule has 0 saturated heterocycles. The van der Waals surface area contributed by atoms with Crippen LogP contribution in [-0.2, 0) is 5.75 Å². The van der Waals surface area contributed by atoms with Gasteiger partial charge in [0.05, 0.1) is 11.0 Å². The molecule has 5 heteroatoms. The summed E-state index contributed by atoms with van der Waals surface area (Å²) < 4.78 is 18.6. The van der Waals surface area contributed by atoms with Gasteiger partial charge in [0, 0.05) is 6.92 Å². The number of aromatic nitrogens is 2. The average Bonchev–Trinajstić information content (AvgIpc) is 2.96. The maximum absolute atomic E-state index is 13.2. The molecule has 0 amide bonds. The second-order valence-electron chi connectivity index (χ2n) is 4.87. The second-order valence-corrected chi connectivity index (χ2v) is 5.96. The van der Waals surface area contributed by atoms with Crippen LogP contribution in [0.2, 0.25) is 0 Å². The van der Waals surface area contributed by atoms with Crippen LogP contribution in [0.5, 0.6) is 0 Å². The van der Waals surface area contributed by atoms with E-state index >= 15 is 0 Å². The van der Waals surface area contributed by atoms with Crippen molar-refractivity contribution in [1.29, 1.82) is 0 Å². The summed E-state index contributed by atoms with van der Waals surface area (Å²) in [6.07, 6.45) is 0. The van der Waals surface area contributed by atoms with Crippen molar-refractivity contribution in [3.63, 3.8) is 0 Å². The molecule has 1 aromatic heterocycles. The van der Waals surface area contributed by atoms with Gasteiger partial charge in [0.15, 0.2) is 0 Å². The standard InChI is InChI=1S/C17H15FN2OS/c1-12-19-20-16(21-12)11-22-17(13-5-3-2-4-6-13)14-7-9-15(18)10-8-14/h2-10,17H,11H2,1H3. The maximum Gasteiger partial charge on any atom is 0.226 e. The van der Waals surface area contributed by atoms with Crippen LogP contribution in [0.3, 0.4) is 0 Å². The molecule has 0 aliphatic rings. The third-order valence-electron chi connectivity index (χ3n) is 3.22. The lowest BCUT2D eigenvalue weighted by atomic mass is 10.0. The van der Waals surface area contributed by atoms with Crippen molar-refractivity contribution in [2.45, 2.75) is 17.9 Å². The highest BCUT2D eigenvalue weighted by Crippen LogP contribution is 2.37. The third kappa shape index (κ3) is 3.54. The number of aryl methyl sites for hydroxylation is 1. The predicted octanol–water partition coefficient (Wildman–Crippen LogP) is 4.54. The normalized spacial score (nSPS) is 12.3. The van der Waals surface area contributed by atoms with E-state index in [0.29, 0.717) is 17.5 Å². The van der Waals surface area contributed by atoms with Gasteiger partial charge in [-0.3, -0.25) is 0 Å². The number of hydrogen-bond donors (Lipinski definition) is 0. The number of thioether (sulfide) groups is 1. The van der Waals surface area contributed by atoms with Gasteiger partial charge in [-0.2, -0.15) is 0 Å². The van der Waals surface area contributed by atoms with Gasteiger partial charge in [-0.05, 0) is 23.3 Å². The molecule has 112 valence electrons. The number of hydrogen-bond acceptors (Lipinski definition) is 4. The predicted molar refractivity (Wildman–Crippen MR) is 85.0 cm³/mol. The molecule has 1 heterocycles. The Bertz CT molecular complexity index is 728. The van der Waals surface area contributed by atoms with E-state index in [1.165, 1.54) is 12.1 Å². The summed E-state index contributed by atoms with van der Waals surface area (Å²) in [5, 5.41) is 7.96. The van der Waals surface area contributed by atoms with Crippen LogP contribution >= 0.6 is 11.8 Å². The van der Waals surface area contributed by atoms with Gasteiger partial charge in [0.2, 0.25) is 11.8 Å². The minimum atomic E-state index is -0.229. The van der Waals surface area contributed by atoms with Crippen molar-refractivity contribution in [3.05, 3.63) is 83.3 Å². The topological polar surface area (TPSA) is 38.9 Å². The first kappa shape index (κ1) is 14.8. The van der Waals surface area contributed by atoms with Gasteiger partial charge in [0.1, 0.15) is 5.82 Å². The molecular weight excluding hydrogens is 299 g/mol. The summed E-state index contributed by atoms with van der Waals surface area (Å²) in [5.41, 5.74) is 2.21. The molecule has 3 rings (SSSR count). The largest absolute Gasteiger partial charge is 0.425 e. The van der Waals surface area contributed by atoms with E-state index in [2.05, 4.69) is 22.3 Å². The van der Waals surface area contributed by atoms with Crippen LogP contribution in [0.1, 0.15) is 28.2 Å². The monoisotopic (exact) mass is 314 g/mol. The first-order chi connectivity index (χ1) is 10.7. The Morgan fingerprint density at radius 2 is 1.68 bits per heavy atom. The van der Waals surface area contributed by atoms with Crippen LogP contribution in [-0.4, -0.2) is 10.2 Å². The molecule has 3 nitrogen and oxygen atoms in total. The van der Waals surface area contributed by atoms with Crippen molar-refractivity contribution in [3.8, 4) is 0 Å². The van der Waals surface area contributed by atoms with Gasteiger partial charge < -0.3 is 4.42 Å². The zero-order chi connectivity index (χ0) is 15.4. The molecule has 0 aliphatic carbocycles. The Hall–Kier alpha value is -2.14. The lowest BCUT2D eigenvalue weighted by Crippen LogP contribution is -1.98. The highest BCUT2D eigenvalue weighted by Gasteiger charge is 2.16.